The number of amides is 1. The molecule has 1 amide bonds. The highest BCUT2D eigenvalue weighted by atomic mass is 16.2. The number of nitrogens with one attached hydrogen (secondary N) is 1. The van der Waals surface area contributed by atoms with Crippen molar-refractivity contribution in [3.8, 4) is 0 Å². The first-order valence-corrected chi connectivity index (χ1v) is 8.74. The molecule has 2 atom stereocenters. The Hall–Kier alpha value is -1.62. The van der Waals surface area contributed by atoms with E-state index in [1.165, 1.54) is 12.8 Å². The topological polar surface area (TPSA) is 48.5 Å². The third kappa shape index (κ3) is 4.02. The Balaban J connectivity index is 1.66. The average molecular weight is 316 g/mol. The standard InChI is InChI=1S/C18H28N4O/c1-21(2)11-15-12-22(17-9-5-6-10-19-17)13-16(15)20-18(23)14-7-3-4-8-14/h5-6,9-10,14-16H,3-4,7-8,11-13H2,1-2H3,(H,20,23)/t15-,16-/m1/s1. The van der Waals surface area contributed by atoms with Crippen LogP contribution in [0.25, 0.3) is 0 Å². The smallest absolute Gasteiger partial charge is 0.223 e. The second kappa shape index (κ2) is 7.30. The number of pyridine rings is 1. The van der Waals surface area contributed by atoms with Crippen LogP contribution in [0.5, 0.6) is 0 Å². The summed E-state index contributed by atoms with van der Waals surface area (Å²) < 4.78 is 0. The fourth-order valence-electron chi connectivity index (χ4n) is 3.91. The Morgan fingerprint density at radius 3 is 2.74 bits per heavy atom. The minimum Gasteiger partial charge on any atom is -0.354 e. The number of hydrogen-bond donors (Lipinski definition) is 1. The Labute approximate surface area is 139 Å². The molecule has 0 bridgehead atoms. The number of rotatable bonds is 5. The van der Waals surface area contributed by atoms with E-state index >= 15 is 0 Å². The number of nitrogens with zero attached hydrogens (tertiary/aromatic N) is 3. The molecule has 0 spiro atoms. The summed E-state index contributed by atoms with van der Waals surface area (Å²) in [6.45, 7) is 2.79. The predicted octanol–water partition coefficient (Wildman–Crippen LogP) is 1.75. The maximum absolute atomic E-state index is 12.5. The first kappa shape index (κ1) is 16.2. The second-order valence-electron chi connectivity index (χ2n) is 7.21. The molecule has 2 aliphatic rings. The van der Waals surface area contributed by atoms with E-state index in [0.29, 0.717) is 5.92 Å². The van der Waals surface area contributed by atoms with Crippen LogP contribution in [-0.2, 0) is 4.79 Å². The predicted molar refractivity (Wildman–Crippen MR) is 92.4 cm³/mol. The molecule has 1 aliphatic carbocycles. The third-order valence-corrected chi connectivity index (χ3v) is 5.07. The highest BCUT2D eigenvalue weighted by molar-refractivity contribution is 5.79. The first-order chi connectivity index (χ1) is 11.1. The van der Waals surface area contributed by atoms with Crippen LogP contribution in [0.4, 0.5) is 5.82 Å². The summed E-state index contributed by atoms with van der Waals surface area (Å²) in [5.74, 6) is 1.95. The van der Waals surface area contributed by atoms with Crippen LogP contribution in [0.2, 0.25) is 0 Å². The molecule has 5 heteroatoms. The molecule has 1 N–H and O–H groups in total. The Kier molecular flexibility index (Phi) is 5.16. The number of hydrogen-bond acceptors (Lipinski definition) is 4. The molecule has 2 heterocycles. The summed E-state index contributed by atoms with van der Waals surface area (Å²) >= 11 is 0. The van der Waals surface area contributed by atoms with Crippen molar-refractivity contribution < 1.29 is 4.79 Å². The van der Waals surface area contributed by atoms with E-state index in [0.717, 1.165) is 38.3 Å². The number of carbonyl (C=O) groups excluding carboxylic acids is 1. The summed E-state index contributed by atoms with van der Waals surface area (Å²) in [6, 6.07) is 6.23. The van der Waals surface area contributed by atoms with Crippen molar-refractivity contribution in [3.05, 3.63) is 24.4 Å². The lowest BCUT2D eigenvalue weighted by Crippen LogP contribution is -2.45. The van der Waals surface area contributed by atoms with Gasteiger partial charge < -0.3 is 15.1 Å². The van der Waals surface area contributed by atoms with Crippen molar-refractivity contribution >= 4 is 11.7 Å². The van der Waals surface area contributed by atoms with E-state index in [-0.39, 0.29) is 17.9 Å². The van der Waals surface area contributed by atoms with Crippen molar-refractivity contribution in [3.63, 3.8) is 0 Å². The molecular weight excluding hydrogens is 288 g/mol. The van der Waals surface area contributed by atoms with Gasteiger partial charge in [0.1, 0.15) is 5.82 Å². The van der Waals surface area contributed by atoms with E-state index < -0.39 is 0 Å². The van der Waals surface area contributed by atoms with Gasteiger partial charge >= 0.3 is 0 Å². The van der Waals surface area contributed by atoms with Gasteiger partial charge in [-0.15, -0.1) is 0 Å². The maximum atomic E-state index is 12.5. The molecule has 0 aromatic carbocycles. The lowest BCUT2D eigenvalue weighted by Gasteiger charge is -2.23. The van der Waals surface area contributed by atoms with Gasteiger partial charge in [0.2, 0.25) is 5.91 Å². The SMILES string of the molecule is CN(C)C[C@@H]1CN(c2ccccn2)C[C@H]1NC(=O)C1CCCC1. The van der Waals surface area contributed by atoms with E-state index in [4.69, 9.17) is 0 Å². The minimum atomic E-state index is 0.215. The Morgan fingerprint density at radius 2 is 2.09 bits per heavy atom. The Morgan fingerprint density at radius 1 is 1.30 bits per heavy atom. The molecule has 1 aromatic rings. The van der Waals surface area contributed by atoms with Crippen molar-refractivity contribution in [2.75, 3.05) is 38.6 Å². The van der Waals surface area contributed by atoms with E-state index in [9.17, 15) is 4.79 Å². The molecule has 1 aliphatic heterocycles. The monoisotopic (exact) mass is 316 g/mol. The van der Waals surface area contributed by atoms with Gasteiger partial charge in [0.05, 0.1) is 6.04 Å². The largest absolute Gasteiger partial charge is 0.354 e. The zero-order chi connectivity index (χ0) is 16.2. The maximum Gasteiger partial charge on any atom is 0.223 e. The van der Waals surface area contributed by atoms with E-state index in [2.05, 4.69) is 34.2 Å². The van der Waals surface area contributed by atoms with Crippen LogP contribution < -0.4 is 10.2 Å². The highest BCUT2D eigenvalue weighted by Crippen LogP contribution is 2.27. The van der Waals surface area contributed by atoms with Gasteiger partial charge in [0.25, 0.3) is 0 Å². The van der Waals surface area contributed by atoms with Crippen LogP contribution >= 0.6 is 0 Å². The van der Waals surface area contributed by atoms with Gasteiger partial charge in [-0.05, 0) is 39.1 Å². The molecule has 1 saturated carbocycles. The van der Waals surface area contributed by atoms with Crippen LogP contribution in [0.15, 0.2) is 24.4 Å². The number of aromatic nitrogens is 1. The summed E-state index contributed by atoms with van der Waals surface area (Å²) in [6.07, 6.45) is 6.34. The molecule has 0 radical (unpaired) electrons. The van der Waals surface area contributed by atoms with Gasteiger partial charge in [0.15, 0.2) is 0 Å². The minimum absolute atomic E-state index is 0.215. The summed E-state index contributed by atoms with van der Waals surface area (Å²) in [5.41, 5.74) is 0. The normalized spacial score (nSPS) is 25.3. The fourth-order valence-corrected chi connectivity index (χ4v) is 3.91. The molecular formula is C18H28N4O. The van der Waals surface area contributed by atoms with E-state index in [1.54, 1.807) is 0 Å². The lowest BCUT2D eigenvalue weighted by molar-refractivity contribution is -0.125. The third-order valence-electron chi connectivity index (χ3n) is 5.07. The summed E-state index contributed by atoms with van der Waals surface area (Å²) in [5, 5.41) is 3.34. The molecule has 126 valence electrons. The molecule has 3 rings (SSSR count). The Bertz CT molecular complexity index is 513. The van der Waals surface area contributed by atoms with Gasteiger partial charge in [-0.1, -0.05) is 18.9 Å². The quantitative estimate of drug-likeness (QED) is 0.899. The zero-order valence-electron chi connectivity index (χ0n) is 14.2. The molecule has 1 saturated heterocycles. The van der Waals surface area contributed by atoms with Crippen LogP contribution in [0.1, 0.15) is 25.7 Å². The number of carbonyl (C=O) groups is 1. The van der Waals surface area contributed by atoms with Crippen LogP contribution in [0, 0.1) is 11.8 Å². The van der Waals surface area contributed by atoms with Crippen molar-refractivity contribution in [1.29, 1.82) is 0 Å². The van der Waals surface area contributed by atoms with Gasteiger partial charge in [-0.3, -0.25) is 4.79 Å². The van der Waals surface area contributed by atoms with Crippen LogP contribution in [0.3, 0.4) is 0 Å². The van der Waals surface area contributed by atoms with E-state index in [1.807, 2.05) is 24.4 Å². The molecule has 1 aromatic heterocycles. The summed E-state index contributed by atoms with van der Waals surface area (Å²) in [4.78, 5) is 21.5. The molecule has 23 heavy (non-hydrogen) atoms. The van der Waals surface area contributed by atoms with Gasteiger partial charge in [-0.2, -0.15) is 0 Å². The zero-order valence-corrected chi connectivity index (χ0v) is 14.2. The number of anilines is 1. The summed E-state index contributed by atoms with van der Waals surface area (Å²) in [7, 11) is 4.19. The van der Waals surface area contributed by atoms with Gasteiger partial charge in [-0.25, -0.2) is 4.98 Å². The average Bonchev–Trinajstić information content (AvgIpc) is 3.18. The molecule has 0 unspecified atom stereocenters. The molecule has 5 nitrogen and oxygen atoms in total. The van der Waals surface area contributed by atoms with Crippen molar-refractivity contribution in [2.24, 2.45) is 11.8 Å². The highest BCUT2D eigenvalue weighted by Gasteiger charge is 2.36. The molecule has 2 fully saturated rings. The first-order valence-electron chi connectivity index (χ1n) is 8.74. The van der Waals surface area contributed by atoms with Crippen LogP contribution in [-0.4, -0.2) is 55.6 Å². The van der Waals surface area contributed by atoms with Crippen molar-refractivity contribution in [1.82, 2.24) is 15.2 Å². The fraction of sp³-hybridized carbons (Fsp3) is 0.667. The van der Waals surface area contributed by atoms with Crippen molar-refractivity contribution in [2.45, 2.75) is 31.7 Å². The van der Waals surface area contributed by atoms with Gasteiger partial charge in [0, 0.05) is 37.7 Å². The second-order valence-corrected chi connectivity index (χ2v) is 7.21. The lowest BCUT2D eigenvalue weighted by atomic mass is 10.0.